The molecule has 2 aromatic heterocycles. The van der Waals surface area contributed by atoms with Crippen LogP contribution >= 0.6 is 15.9 Å². The van der Waals surface area contributed by atoms with Crippen molar-refractivity contribution in [1.29, 1.82) is 0 Å². The van der Waals surface area contributed by atoms with E-state index in [0.29, 0.717) is 0 Å². The number of hydrogen-bond acceptors (Lipinski definition) is 4. The zero-order valence-electron chi connectivity index (χ0n) is 9.52. The molecule has 1 aliphatic heterocycles. The third-order valence-electron chi connectivity index (χ3n) is 3.33. The molecule has 0 saturated heterocycles. The fraction of sp³-hybridized carbons (Fsp3) is 0.250. The van der Waals surface area contributed by atoms with Crippen LogP contribution in [0.2, 0.25) is 0 Å². The molecule has 90 valence electrons. The summed E-state index contributed by atoms with van der Waals surface area (Å²) < 4.78 is 2.06. The number of benzene rings is 1. The van der Waals surface area contributed by atoms with Crippen molar-refractivity contribution < 1.29 is 0 Å². The Bertz CT molecular complexity index is 764. The number of alkyl halides is 1. The number of nitrogens with one attached hydrogen (secondary N) is 1. The van der Waals surface area contributed by atoms with Gasteiger partial charge in [0.2, 0.25) is 0 Å². The second kappa shape index (κ2) is 3.65. The van der Waals surface area contributed by atoms with Gasteiger partial charge in [-0.25, -0.2) is 9.97 Å². The highest BCUT2D eigenvalue weighted by Gasteiger charge is 2.18. The summed E-state index contributed by atoms with van der Waals surface area (Å²) in [6, 6.07) is 4.13. The molecule has 4 rings (SSSR count). The zero-order valence-corrected chi connectivity index (χ0v) is 11.1. The normalized spacial score (nSPS) is 14.1. The van der Waals surface area contributed by atoms with E-state index < -0.39 is 0 Å². The second-order valence-electron chi connectivity index (χ2n) is 4.31. The van der Waals surface area contributed by atoms with E-state index in [1.807, 2.05) is 6.07 Å². The molecular formula is C12H10BrN5. The van der Waals surface area contributed by atoms with Crippen LogP contribution in [-0.2, 0) is 11.9 Å². The van der Waals surface area contributed by atoms with Gasteiger partial charge in [-0.1, -0.05) is 15.9 Å². The van der Waals surface area contributed by atoms with Gasteiger partial charge in [0, 0.05) is 17.3 Å². The lowest BCUT2D eigenvalue weighted by Crippen LogP contribution is -2.09. The third-order valence-corrected chi connectivity index (χ3v) is 3.86. The minimum atomic E-state index is 0.762. The van der Waals surface area contributed by atoms with Gasteiger partial charge >= 0.3 is 0 Å². The van der Waals surface area contributed by atoms with Crippen molar-refractivity contribution in [1.82, 2.24) is 19.7 Å². The van der Waals surface area contributed by atoms with Gasteiger partial charge in [-0.2, -0.15) is 5.10 Å². The van der Waals surface area contributed by atoms with E-state index in [9.17, 15) is 0 Å². The van der Waals surface area contributed by atoms with Crippen LogP contribution in [0.15, 0.2) is 18.5 Å². The van der Waals surface area contributed by atoms with Gasteiger partial charge in [-0.05, 0) is 12.1 Å². The minimum Gasteiger partial charge on any atom is -0.368 e. The van der Waals surface area contributed by atoms with E-state index in [1.54, 1.807) is 6.33 Å². The first-order valence-electron chi connectivity index (χ1n) is 5.81. The van der Waals surface area contributed by atoms with Crippen LogP contribution in [0.5, 0.6) is 0 Å². The van der Waals surface area contributed by atoms with Crippen molar-refractivity contribution in [3.8, 4) is 0 Å². The van der Waals surface area contributed by atoms with Crippen LogP contribution in [0.4, 0.5) is 5.82 Å². The van der Waals surface area contributed by atoms with Crippen LogP contribution in [0.3, 0.4) is 0 Å². The van der Waals surface area contributed by atoms with Crippen LogP contribution in [0.25, 0.3) is 21.8 Å². The highest BCUT2D eigenvalue weighted by molar-refractivity contribution is 9.08. The summed E-state index contributed by atoms with van der Waals surface area (Å²) in [5.74, 6) is 0.908. The largest absolute Gasteiger partial charge is 0.368 e. The highest BCUT2D eigenvalue weighted by Crippen LogP contribution is 2.32. The molecule has 0 aliphatic carbocycles. The van der Waals surface area contributed by atoms with Gasteiger partial charge in [-0.15, -0.1) is 0 Å². The number of rotatable bonds is 1. The molecule has 0 unspecified atom stereocenters. The predicted molar refractivity (Wildman–Crippen MR) is 73.9 cm³/mol. The molecule has 5 nitrogen and oxygen atoms in total. The zero-order chi connectivity index (χ0) is 12.1. The summed E-state index contributed by atoms with van der Waals surface area (Å²) in [6.07, 6.45) is 1.61. The fourth-order valence-corrected chi connectivity index (χ4v) is 2.97. The molecule has 0 atom stereocenters. The first-order chi connectivity index (χ1) is 8.88. The number of hydrogen-bond donors (Lipinski definition) is 1. The Morgan fingerprint density at radius 2 is 2.28 bits per heavy atom. The smallest absolute Gasteiger partial charge is 0.139 e. The van der Waals surface area contributed by atoms with Gasteiger partial charge in [0.1, 0.15) is 12.1 Å². The molecule has 1 aromatic carbocycles. The Kier molecular flexibility index (Phi) is 2.08. The molecule has 0 fully saturated rings. The number of nitrogens with zero attached hydrogens (tertiary/aromatic N) is 4. The molecule has 1 N–H and O–H groups in total. The summed E-state index contributed by atoms with van der Waals surface area (Å²) in [5, 5.41) is 11.0. The molecule has 0 spiro atoms. The minimum absolute atomic E-state index is 0.762. The molecule has 6 heteroatoms. The summed E-state index contributed by atoms with van der Waals surface area (Å²) in [7, 11) is 0. The van der Waals surface area contributed by atoms with Crippen LogP contribution < -0.4 is 5.32 Å². The Labute approximate surface area is 111 Å². The maximum Gasteiger partial charge on any atom is 0.139 e. The van der Waals surface area contributed by atoms with E-state index in [2.05, 4.69) is 47.1 Å². The molecule has 0 radical (unpaired) electrons. The second-order valence-corrected chi connectivity index (χ2v) is 4.87. The predicted octanol–water partition coefficient (Wildman–Crippen LogP) is 2.30. The number of halogens is 1. The number of anilines is 1. The third kappa shape index (κ3) is 1.23. The van der Waals surface area contributed by atoms with E-state index in [1.165, 1.54) is 5.39 Å². The average Bonchev–Trinajstić information content (AvgIpc) is 2.67. The van der Waals surface area contributed by atoms with Gasteiger partial charge < -0.3 is 5.32 Å². The quantitative estimate of drug-likeness (QED) is 0.701. The fourth-order valence-electron chi connectivity index (χ4n) is 2.56. The molecule has 18 heavy (non-hydrogen) atoms. The highest BCUT2D eigenvalue weighted by atomic mass is 79.9. The lowest BCUT2D eigenvalue weighted by molar-refractivity contribution is 0.657. The SMILES string of the molecule is BrCc1nn2c3c1ccc1ncnc(c13)NCC2. The topological polar surface area (TPSA) is 55.6 Å². The van der Waals surface area contributed by atoms with Crippen molar-refractivity contribution in [2.24, 2.45) is 0 Å². The summed E-state index contributed by atoms with van der Waals surface area (Å²) in [5.41, 5.74) is 3.18. The first kappa shape index (κ1) is 10.3. The molecular weight excluding hydrogens is 294 g/mol. The van der Waals surface area contributed by atoms with Crippen LogP contribution in [-0.4, -0.2) is 26.3 Å². The van der Waals surface area contributed by atoms with Crippen molar-refractivity contribution >= 4 is 43.6 Å². The van der Waals surface area contributed by atoms with E-state index in [0.717, 1.165) is 46.4 Å². The Balaban J connectivity index is 2.28. The lowest BCUT2D eigenvalue weighted by atomic mass is 10.1. The molecule has 3 aromatic rings. The number of aromatic nitrogens is 4. The molecule has 1 aliphatic rings. The van der Waals surface area contributed by atoms with E-state index >= 15 is 0 Å². The van der Waals surface area contributed by atoms with Gasteiger partial charge in [-0.3, -0.25) is 4.68 Å². The Hall–Kier alpha value is -1.69. The molecule has 3 heterocycles. The molecule has 0 bridgehead atoms. The van der Waals surface area contributed by atoms with E-state index in [4.69, 9.17) is 0 Å². The first-order valence-corrected chi connectivity index (χ1v) is 6.93. The Morgan fingerprint density at radius 1 is 1.33 bits per heavy atom. The summed E-state index contributed by atoms with van der Waals surface area (Å²) in [4.78, 5) is 8.68. The summed E-state index contributed by atoms with van der Waals surface area (Å²) >= 11 is 3.50. The van der Waals surface area contributed by atoms with Crippen molar-refractivity contribution in [2.45, 2.75) is 11.9 Å². The van der Waals surface area contributed by atoms with E-state index in [-0.39, 0.29) is 0 Å². The Morgan fingerprint density at radius 3 is 3.17 bits per heavy atom. The molecule has 0 saturated carbocycles. The van der Waals surface area contributed by atoms with Crippen molar-refractivity contribution in [3.63, 3.8) is 0 Å². The monoisotopic (exact) mass is 303 g/mol. The van der Waals surface area contributed by atoms with Gasteiger partial charge in [0.15, 0.2) is 0 Å². The van der Waals surface area contributed by atoms with Gasteiger partial charge in [0.25, 0.3) is 0 Å². The van der Waals surface area contributed by atoms with Crippen LogP contribution in [0.1, 0.15) is 5.69 Å². The van der Waals surface area contributed by atoms with Crippen molar-refractivity contribution in [3.05, 3.63) is 24.2 Å². The maximum absolute atomic E-state index is 4.66. The van der Waals surface area contributed by atoms with Crippen LogP contribution in [0, 0.1) is 0 Å². The standard InChI is InChI=1S/C12H10BrN5/c13-5-9-7-1-2-8-10-11(7)18(17-9)4-3-14-12(10)16-6-15-8/h1-2,6H,3-5H2,(H,14,15,16). The summed E-state index contributed by atoms with van der Waals surface area (Å²) in [6.45, 7) is 1.68. The van der Waals surface area contributed by atoms with Gasteiger partial charge in [0.05, 0.1) is 28.7 Å². The maximum atomic E-state index is 4.66. The average molecular weight is 304 g/mol. The lowest BCUT2D eigenvalue weighted by Gasteiger charge is -2.04. The molecule has 0 amide bonds. The van der Waals surface area contributed by atoms with Crippen molar-refractivity contribution in [2.75, 3.05) is 11.9 Å².